The van der Waals surface area contributed by atoms with Crippen LogP contribution in [0, 0.1) is 5.92 Å². The first kappa shape index (κ1) is 16.7. The van der Waals surface area contributed by atoms with Crippen molar-refractivity contribution < 1.29 is 9.53 Å². The average molecular weight is 343 g/mol. The van der Waals surface area contributed by atoms with Crippen LogP contribution in [0.15, 0.2) is 24.3 Å². The molecule has 0 N–H and O–H groups in total. The number of carbonyl (C=O) groups excluding carboxylic acids is 1. The first-order valence-corrected chi connectivity index (χ1v) is 9.54. The monoisotopic (exact) mass is 343 g/mol. The standard InChI is InChI=1S/C20H29N3O2/c1-21-19-14-23(9-6-15(19)12-20(21)24)16-7-10-22(11-8-16)17-4-3-5-18(13-17)25-2/h3-5,13,15-16,19H,6-12,14H2,1-2H3/t15-,19-/m1/s1. The van der Waals surface area contributed by atoms with Crippen LogP contribution >= 0.6 is 0 Å². The predicted molar refractivity (Wildman–Crippen MR) is 99.1 cm³/mol. The Balaban J connectivity index is 1.35. The van der Waals surface area contributed by atoms with Crippen LogP contribution in [0.2, 0.25) is 0 Å². The molecule has 0 spiro atoms. The summed E-state index contributed by atoms with van der Waals surface area (Å²) in [6.45, 7) is 4.41. The van der Waals surface area contributed by atoms with Gasteiger partial charge in [-0.05, 0) is 43.9 Å². The minimum absolute atomic E-state index is 0.338. The number of hydrogen-bond donors (Lipinski definition) is 0. The highest BCUT2D eigenvalue weighted by Crippen LogP contribution is 2.34. The lowest BCUT2D eigenvalue weighted by Gasteiger charge is -2.44. The largest absolute Gasteiger partial charge is 0.497 e. The van der Waals surface area contributed by atoms with Gasteiger partial charge < -0.3 is 14.5 Å². The van der Waals surface area contributed by atoms with E-state index in [2.05, 4.69) is 28.0 Å². The number of rotatable bonds is 3. The summed E-state index contributed by atoms with van der Waals surface area (Å²) >= 11 is 0. The highest BCUT2D eigenvalue weighted by Gasteiger charge is 2.42. The van der Waals surface area contributed by atoms with Gasteiger partial charge in [-0.25, -0.2) is 0 Å². The summed E-state index contributed by atoms with van der Waals surface area (Å²) < 4.78 is 5.35. The summed E-state index contributed by atoms with van der Waals surface area (Å²) in [4.78, 5) is 19.1. The van der Waals surface area contributed by atoms with E-state index in [0.29, 0.717) is 23.9 Å². The third-order valence-electron chi connectivity index (χ3n) is 6.48. The van der Waals surface area contributed by atoms with E-state index in [1.807, 2.05) is 18.0 Å². The first-order chi connectivity index (χ1) is 12.2. The van der Waals surface area contributed by atoms with Crippen molar-refractivity contribution in [3.8, 4) is 5.75 Å². The van der Waals surface area contributed by atoms with Crippen LogP contribution in [0.5, 0.6) is 5.75 Å². The molecule has 5 heteroatoms. The van der Waals surface area contributed by atoms with Crippen LogP contribution in [0.4, 0.5) is 5.69 Å². The van der Waals surface area contributed by atoms with Crippen molar-refractivity contribution in [2.45, 2.75) is 37.8 Å². The van der Waals surface area contributed by atoms with E-state index in [0.717, 1.165) is 38.3 Å². The molecule has 3 heterocycles. The van der Waals surface area contributed by atoms with Crippen molar-refractivity contribution in [1.82, 2.24) is 9.80 Å². The highest BCUT2D eigenvalue weighted by molar-refractivity contribution is 5.79. The molecule has 0 saturated carbocycles. The summed E-state index contributed by atoms with van der Waals surface area (Å²) in [6.07, 6.45) is 4.35. The molecule has 3 aliphatic heterocycles. The second-order valence-corrected chi connectivity index (χ2v) is 7.74. The van der Waals surface area contributed by atoms with E-state index in [-0.39, 0.29) is 0 Å². The molecule has 0 bridgehead atoms. The topological polar surface area (TPSA) is 36.0 Å². The number of benzene rings is 1. The molecular weight excluding hydrogens is 314 g/mol. The Morgan fingerprint density at radius 3 is 2.68 bits per heavy atom. The van der Waals surface area contributed by atoms with Crippen LogP contribution in [-0.2, 0) is 4.79 Å². The molecular formula is C20H29N3O2. The van der Waals surface area contributed by atoms with Crippen LogP contribution in [0.1, 0.15) is 25.7 Å². The number of likely N-dealkylation sites (N-methyl/N-ethyl adjacent to an activating group) is 1. The van der Waals surface area contributed by atoms with E-state index in [9.17, 15) is 4.79 Å². The average Bonchev–Trinajstić information content (AvgIpc) is 2.95. The van der Waals surface area contributed by atoms with Gasteiger partial charge in [0.1, 0.15) is 5.75 Å². The van der Waals surface area contributed by atoms with Crippen molar-refractivity contribution in [2.24, 2.45) is 5.92 Å². The normalized spacial score (nSPS) is 28.3. The molecule has 3 aliphatic rings. The van der Waals surface area contributed by atoms with Crippen LogP contribution < -0.4 is 9.64 Å². The second kappa shape index (κ2) is 6.87. The Morgan fingerprint density at radius 2 is 1.92 bits per heavy atom. The molecule has 1 aromatic carbocycles. The van der Waals surface area contributed by atoms with E-state index >= 15 is 0 Å². The number of amides is 1. The first-order valence-electron chi connectivity index (χ1n) is 9.54. The van der Waals surface area contributed by atoms with Crippen molar-refractivity contribution in [3.63, 3.8) is 0 Å². The maximum absolute atomic E-state index is 12.0. The minimum atomic E-state index is 0.338. The van der Waals surface area contributed by atoms with Crippen molar-refractivity contribution in [3.05, 3.63) is 24.3 Å². The zero-order valence-electron chi connectivity index (χ0n) is 15.4. The fourth-order valence-electron chi connectivity index (χ4n) is 4.86. The zero-order valence-corrected chi connectivity index (χ0v) is 15.4. The van der Waals surface area contributed by atoms with Gasteiger partial charge in [-0.15, -0.1) is 0 Å². The molecule has 3 saturated heterocycles. The summed E-state index contributed by atoms with van der Waals surface area (Å²) in [5.41, 5.74) is 1.26. The smallest absolute Gasteiger partial charge is 0.222 e. The van der Waals surface area contributed by atoms with Crippen molar-refractivity contribution >= 4 is 11.6 Å². The lowest BCUT2D eigenvalue weighted by atomic mass is 9.90. The number of anilines is 1. The Bertz CT molecular complexity index is 627. The number of nitrogens with zero attached hydrogens (tertiary/aromatic N) is 3. The number of likely N-dealkylation sites (tertiary alicyclic amines) is 2. The number of carbonyl (C=O) groups is 1. The summed E-state index contributed by atoms with van der Waals surface area (Å²) in [5.74, 6) is 1.85. The molecule has 3 fully saturated rings. The van der Waals surface area contributed by atoms with E-state index in [1.165, 1.54) is 24.9 Å². The number of piperidine rings is 2. The third kappa shape index (κ3) is 3.22. The van der Waals surface area contributed by atoms with Crippen molar-refractivity contribution in [1.29, 1.82) is 0 Å². The molecule has 5 nitrogen and oxygen atoms in total. The maximum atomic E-state index is 12.0. The lowest BCUT2D eigenvalue weighted by molar-refractivity contribution is -0.127. The molecule has 0 unspecified atom stereocenters. The summed E-state index contributed by atoms with van der Waals surface area (Å²) in [7, 11) is 3.71. The number of ether oxygens (including phenoxy) is 1. The summed E-state index contributed by atoms with van der Waals surface area (Å²) in [6, 6.07) is 9.47. The van der Waals surface area contributed by atoms with Gasteiger partial charge in [-0.3, -0.25) is 9.69 Å². The lowest BCUT2D eigenvalue weighted by Crippen LogP contribution is -2.53. The summed E-state index contributed by atoms with van der Waals surface area (Å²) in [5, 5.41) is 0. The van der Waals surface area contributed by atoms with Crippen LogP contribution in [0.25, 0.3) is 0 Å². The van der Waals surface area contributed by atoms with E-state index in [4.69, 9.17) is 4.74 Å². The molecule has 1 amide bonds. The minimum Gasteiger partial charge on any atom is -0.497 e. The van der Waals surface area contributed by atoms with Gasteiger partial charge in [0.25, 0.3) is 0 Å². The van der Waals surface area contributed by atoms with E-state index in [1.54, 1.807) is 7.11 Å². The van der Waals surface area contributed by atoms with Gasteiger partial charge in [0.05, 0.1) is 7.11 Å². The molecule has 25 heavy (non-hydrogen) atoms. The van der Waals surface area contributed by atoms with E-state index < -0.39 is 0 Å². The van der Waals surface area contributed by atoms with Crippen LogP contribution in [-0.4, -0.2) is 68.1 Å². The highest BCUT2D eigenvalue weighted by atomic mass is 16.5. The molecule has 2 atom stereocenters. The van der Waals surface area contributed by atoms with Gasteiger partial charge in [-0.1, -0.05) is 6.07 Å². The van der Waals surface area contributed by atoms with Gasteiger partial charge in [0.15, 0.2) is 0 Å². The Kier molecular flexibility index (Phi) is 4.59. The number of methoxy groups -OCH3 is 1. The number of hydrogen-bond acceptors (Lipinski definition) is 4. The molecule has 0 aromatic heterocycles. The second-order valence-electron chi connectivity index (χ2n) is 7.74. The fraction of sp³-hybridized carbons (Fsp3) is 0.650. The van der Waals surface area contributed by atoms with Gasteiger partial charge in [0.2, 0.25) is 5.91 Å². The maximum Gasteiger partial charge on any atom is 0.222 e. The SMILES string of the molecule is COc1cccc(N2CCC(N3CC[C@@H]4CC(=O)N(C)[C@@H]4C3)CC2)c1. The number of fused-ring (bicyclic) bond motifs is 1. The molecule has 0 radical (unpaired) electrons. The van der Waals surface area contributed by atoms with Crippen molar-refractivity contribution in [2.75, 3.05) is 45.2 Å². The van der Waals surface area contributed by atoms with Crippen LogP contribution in [0.3, 0.4) is 0 Å². The molecule has 1 aromatic rings. The van der Waals surface area contributed by atoms with Gasteiger partial charge in [-0.2, -0.15) is 0 Å². The van der Waals surface area contributed by atoms with Gasteiger partial charge in [0, 0.05) is 56.9 Å². The fourth-order valence-corrected chi connectivity index (χ4v) is 4.86. The Hall–Kier alpha value is -1.75. The molecule has 4 rings (SSSR count). The third-order valence-corrected chi connectivity index (χ3v) is 6.48. The Labute approximate surface area is 150 Å². The quantitative estimate of drug-likeness (QED) is 0.843. The predicted octanol–water partition coefficient (Wildman–Crippen LogP) is 2.22. The molecule has 136 valence electrons. The molecule has 0 aliphatic carbocycles. The van der Waals surface area contributed by atoms with Gasteiger partial charge >= 0.3 is 0 Å². The zero-order chi connectivity index (χ0) is 17.4. The Morgan fingerprint density at radius 1 is 1.12 bits per heavy atom.